The van der Waals surface area contributed by atoms with Crippen LogP contribution in [-0.2, 0) is 9.59 Å². The van der Waals surface area contributed by atoms with Gasteiger partial charge in [-0.1, -0.05) is 0 Å². The van der Waals surface area contributed by atoms with Gasteiger partial charge in [0.25, 0.3) is 0 Å². The monoisotopic (exact) mass is 454 g/mol. The van der Waals surface area contributed by atoms with Crippen LogP contribution in [0.3, 0.4) is 0 Å². The Kier molecular flexibility index (Phi) is 7.09. The molecule has 0 saturated carbocycles. The molecule has 9 nitrogen and oxygen atoms in total. The average Bonchev–Trinajstić information content (AvgIpc) is 2.82. The molecule has 2 aliphatic rings. The van der Waals surface area contributed by atoms with Gasteiger partial charge in [-0.25, -0.2) is 0 Å². The molecule has 1 atom stereocenters. The predicted octanol–water partition coefficient (Wildman–Crippen LogP) is 1.01. The minimum atomic E-state index is -0.972. The van der Waals surface area contributed by atoms with Crippen molar-refractivity contribution in [2.24, 2.45) is 11.7 Å². The zero-order chi connectivity index (χ0) is 23.4. The second-order valence-electron chi connectivity index (χ2n) is 9.49. The maximum atomic E-state index is 12.8. The van der Waals surface area contributed by atoms with Gasteiger partial charge in [0.1, 0.15) is 0 Å². The molecule has 3 N–H and O–H groups in total. The number of hydrogen-bond donors (Lipinski definition) is 2. The number of likely N-dealkylation sites (tertiary alicyclic amines) is 1. The molecule has 2 saturated heterocycles. The minimum Gasteiger partial charge on any atom is -0.386 e. The number of anilines is 1. The number of fused-ring (bicyclic) bond motifs is 1. The summed E-state index contributed by atoms with van der Waals surface area (Å²) in [6, 6.07) is 3.85. The third-order valence-electron chi connectivity index (χ3n) is 7.01. The van der Waals surface area contributed by atoms with E-state index in [0.29, 0.717) is 32.5 Å². The number of rotatable bonds is 7. The Labute approximate surface area is 194 Å². The molecule has 0 radical (unpaired) electrons. The number of nitrogens with two attached hydrogens (primary N) is 1. The molecule has 33 heavy (non-hydrogen) atoms. The fraction of sp³-hybridized carbons (Fsp3) is 0.583. The third-order valence-corrected chi connectivity index (χ3v) is 7.01. The summed E-state index contributed by atoms with van der Waals surface area (Å²) in [4.78, 5) is 38.8. The number of likely N-dealkylation sites (N-methyl/N-ethyl adjacent to an activating group) is 1. The first-order chi connectivity index (χ1) is 15.8. The molecule has 2 aliphatic heterocycles. The molecule has 4 heterocycles. The van der Waals surface area contributed by atoms with Crippen molar-refractivity contribution in [3.8, 4) is 0 Å². The van der Waals surface area contributed by atoms with Crippen LogP contribution in [0.25, 0.3) is 10.9 Å². The Morgan fingerprint density at radius 1 is 1.24 bits per heavy atom. The van der Waals surface area contributed by atoms with E-state index in [0.717, 1.165) is 55.5 Å². The average molecular weight is 455 g/mol. The Hall–Kier alpha value is -2.78. The molecule has 0 aromatic carbocycles. The van der Waals surface area contributed by atoms with Gasteiger partial charge in [-0.15, -0.1) is 0 Å². The van der Waals surface area contributed by atoms with E-state index in [9.17, 15) is 14.7 Å². The van der Waals surface area contributed by atoms with Crippen molar-refractivity contribution in [3.63, 3.8) is 0 Å². The minimum absolute atomic E-state index is 0.0242. The second-order valence-corrected chi connectivity index (χ2v) is 9.49. The van der Waals surface area contributed by atoms with Gasteiger partial charge in [-0.05, 0) is 50.9 Å². The second kappa shape index (κ2) is 10.0. The lowest BCUT2D eigenvalue weighted by molar-refractivity contribution is -0.134. The van der Waals surface area contributed by atoms with Crippen molar-refractivity contribution in [3.05, 3.63) is 30.7 Å². The molecule has 2 amide bonds. The number of hydrogen-bond acceptors (Lipinski definition) is 7. The molecular formula is C24H34N6O3. The Morgan fingerprint density at radius 3 is 2.79 bits per heavy atom. The molecule has 9 heteroatoms. The highest BCUT2D eigenvalue weighted by Gasteiger charge is 2.36. The zero-order valence-electron chi connectivity index (χ0n) is 19.3. The summed E-state index contributed by atoms with van der Waals surface area (Å²) in [5.41, 5.74) is 6.32. The number of β-amino-alcohol motifs (C(OH)–C–C–N with tert-alkyl or cyclic N) is 1. The highest BCUT2D eigenvalue weighted by molar-refractivity contribution is 5.90. The smallest absolute Gasteiger partial charge is 0.223 e. The standard InChI is InChI=1S/C24H34N6O3/c1-28(22(31)7-14-29-12-5-18(6-13-29)23(25)32)16-24(33)8-2-11-30(17-24)21-4-10-27-20-3-9-26-15-19(20)21/h3-4,9-10,15,18,33H,2,5-8,11-14,16-17H2,1H3,(H2,25,32)/t24-/m0/s1. The fourth-order valence-corrected chi connectivity index (χ4v) is 5.11. The molecule has 0 spiro atoms. The lowest BCUT2D eigenvalue weighted by atomic mass is 9.91. The van der Waals surface area contributed by atoms with Crippen molar-refractivity contribution in [1.29, 1.82) is 0 Å². The van der Waals surface area contributed by atoms with Crippen LogP contribution in [0.4, 0.5) is 5.69 Å². The third kappa shape index (κ3) is 5.59. The largest absolute Gasteiger partial charge is 0.386 e. The SMILES string of the molecule is CN(C[C@@]1(O)CCCN(c2ccnc3ccncc23)C1)C(=O)CCN1CCC(C(N)=O)CC1. The molecule has 0 aliphatic carbocycles. The molecule has 2 aromatic heterocycles. The first-order valence-corrected chi connectivity index (χ1v) is 11.8. The van der Waals surface area contributed by atoms with Gasteiger partial charge in [0.15, 0.2) is 0 Å². The van der Waals surface area contributed by atoms with Crippen LogP contribution < -0.4 is 10.6 Å². The van der Waals surface area contributed by atoms with Crippen LogP contribution in [0.15, 0.2) is 30.7 Å². The van der Waals surface area contributed by atoms with Gasteiger partial charge in [0.05, 0.1) is 17.7 Å². The van der Waals surface area contributed by atoms with Crippen molar-refractivity contribution in [2.75, 3.05) is 51.2 Å². The lowest BCUT2D eigenvalue weighted by Crippen LogP contribution is -2.55. The Balaban J connectivity index is 1.32. The quantitative estimate of drug-likeness (QED) is 0.641. The summed E-state index contributed by atoms with van der Waals surface area (Å²) in [5, 5.41) is 12.3. The van der Waals surface area contributed by atoms with Crippen molar-refractivity contribution < 1.29 is 14.7 Å². The van der Waals surface area contributed by atoms with E-state index in [2.05, 4.69) is 19.8 Å². The van der Waals surface area contributed by atoms with Gasteiger partial charge in [-0.2, -0.15) is 0 Å². The van der Waals surface area contributed by atoms with E-state index in [1.54, 1.807) is 24.3 Å². The number of amides is 2. The number of aromatic nitrogens is 2. The Bertz CT molecular complexity index is 988. The van der Waals surface area contributed by atoms with Gasteiger partial charge in [-0.3, -0.25) is 19.6 Å². The highest BCUT2D eigenvalue weighted by Crippen LogP contribution is 2.31. The summed E-state index contributed by atoms with van der Waals surface area (Å²) < 4.78 is 0. The van der Waals surface area contributed by atoms with E-state index in [-0.39, 0.29) is 17.7 Å². The number of carbonyl (C=O) groups excluding carboxylic acids is 2. The van der Waals surface area contributed by atoms with E-state index in [1.165, 1.54) is 0 Å². The van der Waals surface area contributed by atoms with Gasteiger partial charge in [0, 0.05) is 68.7 Å². The maximum Gasteiger partial charge on any atom is 0.223 e. The Morgan fingerprint density at radius 2 is 2.03 bits per heavy atom. The summed E-state index contributed by atoms with van der Waals surface area (Å²) >= 11 is 0. The van der Waals surface area contributed by atoms with Gasteiger partial charge in [0.2, 0.25) is 11.8 Å². The van der Waals surface area contributed by atoms with E-state index < -0.39 is 5.60 Å². The summed E-state index contributed by atoms with van der Waals surface area (Å²) in [6.45, 7) is 3.84. The van der Waals surface area contributed by atoms with Crippen molar-refractivity contribution in [1.82, 2.24) is 19.8 Å². The summed E-state index contributed by atoms with van der Waals surface area (Å²) in [6.07, 6.45) is 8.74. The van der Waals surface area contributed by atoms with Crippen molar-refractivity contribution >= 4 is 28.4 Å². The first-order valence-electron chi connectivity index (χ1n) is 11.8. The van der Waals surface area contributed by atoms with Crippen LogP contribution in [0, 0.1) is 5.92 Å². The first kappa shape index (κ1) is 23.4. The number of pyridine rings is 2. The molecule has 2 aromatic rings. The predicted molar refractivity (Wildman–Crippen MR) is 127 cm³/mol. The topological polar surface area (TPSA) is 116 Å². The van der Waals surface area contributed by atoms with Crippen LogP contribution in [0.1, 0.15) is 32.1 Å². The van der Waals surface area contributed by atoms with E-state index in [4.69, 9.17) is 5.73 Å². The summed E-state index contributed by atoms with van der Waals surface area (Å²) in [5.74, 6) is -0.246. The molecule has 178 valence electrons. The number of nitrogens with zero attached hydrogens (tertiary/aromatic N) is 5. The molecule has 2 fully saturated rings. The number of primary amides is 1. The van der Waals surface area contributed by atoms with Crippen LogP contribution in [0.2, 0.25) is 0 Å². The van der Waals surface area contributed by atoms with E-state index in [1.807, 2.05) is 18.3 Å². The zero-order valence-corrected chi connectivity index (χ0v) is 19.3. The van der Waals surface area contributed by atoms with Crippen LogP contribution in [0.5, 0.6) is 0 Å². The lowest BCUT2D eigenvalue weighted by Gasteiger charge is -2.42. The molecule has 4 rings (SSSR count). The molecule has 0 bridgehead atoms. The molecular weight excluding hydrogens is 420 g/mol. The van der Waals surface area contributed by atoms with Gasteiger partial charge < -0.3 is 25.5 Å². The molecule has 0 unspecified atom stereocenters. The van der Waals surface area contributed by atoms with Crippen LogP contribution in [-0.4, -0.2) is 88.6 Å². The highest BCUT2D eigenvalue weighted by atomic mass is 16.3. The van der Waals surface area contributed by atoms with Crippen LogP contribution >= 0.6 is 0 Å². The normalized spacial score (nSPS) is 22.4. The van der Waals surface area contributed by atoms with Gasteiger partial charge >= 0.3 is 0 Å². The number of piperidine rings is 2. The van der Waals surface area contributed by atoms with Crippen molar-refractivity contribution in [2.45, 2.75) is 37.7 Å². The maximum absolute atomic E-state index is 12.8. The van der Waals surface area contributed by atoms with E-state index >= 15 is 0 Å². The number of carbonyl (C=O) groups is 2. The summed E-state index contributed by atoms with van der Waals surface area (Å²) in [7, 11) is 1.77. The fourth-order valence-electron chi connectivity index (χ4n) is 5.11. The number of aliphatic hydroxyl groups is 1.